The minimum atomic E-state index is -0.593. The smallest absolute Gasteiger partial charge is 0.355 e. The Labute approximate surface area is 134 Å². The van der Waals surface area contributed by atoms with Gasteiger partial charge in [-0.05, 0) is 36.5 Å². The monoisotopic (exact) mass is 317 g/mol. The molecule has 1 aliphatic heterocycles. The van der Waals surface area contributed by atoms with Crippen LogP contribution < -0.4 is 4.90 Å². The van der Waals surface area contributed by atoms with E-state index < -0.39 is 11.9 Å². The molecule has 6 nitrogen and oxygen atoms in total. The van der Waals surface area contributed by atoms with Crippen molar-refractivity contribution in [3.05, 3.63) is 41.1 Å². The number of anilines is 1. The minimum Gasteiger partial charge on any atom is -0.466 e. The highest BCUT2D eigenvalue weighted by Gasteiger charge is 2.32. The molecule has 0 spiro atoms. The van der Waals surface area contributed by atoms with Crippen molar-refractivity contribution in [3.8, 4) is 0 Å². The van der Waals surface area contributed by atoms with Crippen LogP contribution in [0.3, 0.4) is 0 Å². The van der Waals surface area contributed by atoms with E-state index in [1.165, 1.54) is 32.6 Å². The largest absolute Gasteiger partial charge is 0.466 e. The van der Waals surface area contributed by atoms with Gasteiger partial charge in [-0.15, -0.1) is 0 Å². The van der Waals surface area contributed by atoms with Gasteiger partial charge in [0.25, 0.3) is 0 Å². The first kappa shape index (κ1) is 15.6. The van der Waals surface area contributed by atoms with E-state index in [1.54, 1.807) is 4.90 Å². The van der Waals surface area contributed by atoms with Crippen molar-refractivity contribution in [1.29, 1.82) is 0 Å². The molecule has 0 unspecified atom stereocenters. The van der Waals surface area contributed by atoms with Crippen molar-refractivity contribution in [2.75, 3.05) is 32.5 Å². The standard InChI is InChI=1S/C17H19NO5/c1-21-16(19)14-9-23-10-18(15(14)17(20)22-2)13-7-5-12(6-8-13)11-3-4-11/h5-8,11H,3-4,9-10H2,1-2H3. The van der Waals surface area contributed by atoms with Crippen LogP contribution >= 0.6 is 0 Å². The molecule has 0 aromatic heterocycles. The van der Waals surface area contributed by atoms with Crippen LogP contribution in [0.5, 0.6) is 0 Å². The normalized spacial score (nSPS) is 17.9. The lowest BCUT2D eigenvalue weighted by Crippen LogP contribution is -2.38. The van der Waals surface area contributed by atoms with Gasteiger partial charge in [-0.3, -0.25) is 0 Å². The zero-order valence-electron chi connectivity index (χ0n) is 13.2. The molecular weight excluding hydrogens is 298 g/mol. The fraction of sp³-hybridized carbons (Fsp3) is 0.412. The molecule has 1 aliphatic carbocycles. The minimum absolute atomic E-state index is 0.0216. The number of nitrogens with zero attached hydrogens (tertiary/aromatic N) is 1. The summed E-state index contributed by atoms with van der Waals surface area (Å²) in [6, 6.07) is 7.96. The average Bonchev–Trinajstić information content (AvgIpc) is 3.45. The zero-order chi connectivity index (χ0) is 16.4. The molecule has 0 radical (unpaired) electrons. The number of benzene rings is 1. The number of rotatable bonds is 4. The van der Waals surface area contributed by atoms with Gasteiger partial charge in [0.05, 0.1) is 26.4 Å². The van der Waals surface area contributed by atoms with Gasteiger partial charge in [0.2, 0.25) is 0 Å². The van der Waals surface area contributed by atoms with E-state index in [2.05, 4.69) is 0 Å². The van der Waals surface area contributed by atoms with Crippen LogP contribution in [-0.4, -0.2) is 39.5 Å². The van der Waals surface area contributed by atoms with E-state index in [4.69, 9.17) is 14.2 Å². The summed E-state index contributed by atoms with van der Waals surface area (Å²) < 4.78 is 15.0. The highest BCUT2D eigenvalue weighted by Crippen LogP contribution is 2.40. The van der Waals surface area contributed by atoms with Crippen LogP contribution in [0, 0.1) is 0 Å². The molecule has 122 valence electrons. The van der Waals surface area contributed by atoms with Crippen molar-refractivity contribution in [3.63, 3.8) is 0 Å². The summed E-state index contributed by atoms with van der Waals surface area (Å²) in [7, 11) is 2.56. The predicted molar refractivity (Wildman–Crippen MR) is 82.8 cm³/mol. The molecule has 2 aliphatic rings. The van der Waals surface area contributed by atoms with Gasteiger partial charge in [0.15, 0.2) is 0 Å². The van der Waals surface area contributed by atoms with Gasteiger partial charge in [0, 0.05) is 5.69 Å². The highest BCUT2D eigenvalue weighted by molar-refractivity contribution is 6.03. The molecule has 0 N–H and O–H groups in total. The number of hydrogen-bond donors (Lipinski definition) is 0. The molecule has 1 saturated carbocycles. The van der Waals surface area contributed by atoms with Gasteiger partial charge in [-0.2, -0.15) is 0 Å². The van der Waals surface area contributed by atoms with Crippen LogP contribution in [-0.2, 0) is 23.8 Å². The van der Waals surface area contributed by atoms with E-state index in [-0.39, 0.29) is 24.6 Å². The SMILES string of the molecule is COC(=O)C1=C(C(=O)OC)N(c2ccc(C3CC3)cc2)COC1. The summed E-state index contributed by atoms with van der Waals surface area (Å²) in [4.78, 5) is 25.8. The molecule has 0 bridgehead atoms. The lowest BCUT2D eigenvalue weighted by molar-refractivity contribution is -0.140. The zero-order valence-corrected chi connectivity index (χ0v) is 13.2. The Morgan fingerprint density at radius 2 is 1.74 bits per heavy atom. The fourth-order valence-corrected chi connectivity index (χ4v) is 2.69. The quantitative estimate of drug-likeness (QED) is 0.791. The molecule has 0 saturated heterocycles. The molecule has 3 rings (SSSR count). The van der Waals surface area contributed by atoms with Gasteiger partial charge in [-0.25, -0.2) is 9.59 Å². The first-order valence-corrected chi connectivity index (χ1v) is 7.50. The summed E-state index contributed by atoms with van der Waals surface area (Å²) in [5.41, 5.74) is 2.40. The number of carbonyl (C=O) groups is 2. The van der Waals surface area contributed by atoms with E-state index in [0.717, 1.165) is 5.69 Å². The lowest BCUT2D eigenvalue weighted by atomic mass is 10.1. The van der Waals surface area contributed by atoms with Gasteiger partial charge < -0.3 is 19.1 Å². The Morgan fingerprint density at radius 3 is 2.30 bits per heavy atom. The Bertz CT molecular complexity index is 645. The topological polar surface area (TPSA) is 65.1 Å². The molecule has 1 aromatic rings. The molecule has 1 aromatic carbocycles. The third kappa shape index (κ3) is 3.07. The summed E-state index contributed by atoms with van der Waals surface area (Å²) in [6.07, 6.45) is 2.46. The number of esters is 2. The van der Waals surface area contributed by atoms with E-state index in [0.29, 0.717) is 5.92 Å². The second kappa shape index (κ2) is 6.42. The molecule has 0 amide bonds. The van der Waals surface area contributed by atoms with Crippen LogP contribution in [0.25, 0.3) is 0 Å². The third-order valence-electron chi connectivity index (χ3n) is 4.09. The first-order chi connectivity index (χ1) is 11.2. The number of ether oxygens (including phenoxy) is 3. The second-order valence-corrected chi connectivity index (χ2v) is 5.58. The number of methoxy groups -OCH3 is 2. The Kier molecular flexibility index (Phi) is 4.34. The third-order valence-corrected chi connectivity index (χ3v) is 4.09. The van der Waals surface area contributed by atoms with Gasteiger partial charge in [0.1, 0.15) is 12.4 Å². The molecule has 23 heavy (non-hydrogen) atoms. The Hall–Kier alpha value is -2.34. The van der Waals surface area contributed by atoms with Crippen LogP contribution in [0.1, 0.15) is 24.3 Å². The first-order valence-electron chi connectivity index (χ1n) is 7.50. The summed E-state index contributed by atoms with van der Waals surface area (Å²) in [5, 5.41) is 0. The highest BCUT2D eigenvalue weighted by atomic mass is 16.5. The maximum Gasteiger partial charge on any atom is 0.355 e. The number of hydrogen-bond acceptors (Lipinski definition) is 6. The van der Waals surface area contributed by atoms with E-state index in [9.17, 15) is 9.59 Å². The predicted octanol–water partition coefficient (Wildman–Crippen LogP) is 1.96. The molecule has 1 fully saturated rings. The van der Waals surface area contributed by atoms with Crippen molar-refractivity contribution in [2.24, 2.45) is 0 Å². The van der Waals surface area contributed by atoms with Gasteiger partial charge in [-0.1, -0.05) is 12.1 Å². The Morgan fingerprint density at radius 1 is 1.09 bits per heavy atom. The van der Waals surface area contributed by atoms with Crippen LogP contribution in [0.2, 0.25) is 0 Å². The van der Waals surface area contributed by atoms with Crippen molar-refractivity contribution >= 4 is 17.6 Å². The lowest BCUT2D eigenvalue weighted by Gasteiger charge is -2.31. The fourth-order valence-electron chi connectivity index (χ4n) is 2.69. The van der Waals surface area contributed by atoms with Crippen LogP contribution in [0.15, 0.2) is 35.5 Å². The molecule has 1 heterocycles. The Balaban J connectivity index is 1.97. The number of carbonyl (C=O) groups excluding carboxylic acids is 2. The van der Waals surface area contributed by atoms with Crippen molar-refractivity contribution < 1.29 is 23.8 Å². The van der Waals surface area contributed by atoms with Gasteiger partial charge >= 0.3 is 11.9 Å². The molecule has 6 heteroatoms. The summed E-state index contributed by atoms with van der Waals surface area (Å²) in [6.45, 7) is 0.196. The molecule has 0 atom stereocenters. The van der Waals surface area contributed by atoms with E-state index in [1.807, 2.05) is 24.3 Å². The maximum atomic E-state index is 12.2. The molecular formula is C17H19NO5. The van der Waals surface area contributed by atoms with Crippen molar-refractivity contribution in [1.82, 2.24) is 0 Å². The summed E-state index contributed by atoms with van der Waals surface area (Å²) >= 11 is 0. The summed E-state index contributed by atoms with van der Waals surface area (Å²) in [5.74, 6) is -0.521. The second-order valence-electron chi connectivity index (χ2n) is 5.58. The average molecular weight is 317 g/mol. The van der Waals surface area contributed by atoms with E-state index >= 15 is 0 Å². The van der Waals surface area contributed by atoms with Crippen LogP contribution in [0.4, 0.5) is 5.69 Å². The maximum absolute atomic E-state index is 12.2. The van der Waals surface area contributed by atoms with Crippen molar-refractivity contribution in [2.45, 2.75) is 18.8 Å².